The summed E-state index contributed by atoms with van der Waals surface area (Å²) in [5.74, 6) is 0. The molecule has 0 spiro atoms. The standard InChI is InChI=1S/C4H3BrO3S2.Na.H/c5-3-1-2-4(9-3)10(6,7)8;;/h1-2H,(H,6,7,8);;/q;+1;-1. The second kappa shape index (κ2) is 4.36. The molecule has 1 heterocycles. The van der Waals surface area contributed by atoms with Crippen LogP contribution in [0.4, 0.5) is 0 Å². The molecule has 0 amide bonds. The van der Waals surface area contributed by atoms with Crippen LogP contribution in [0.5, 0.6) is 0 Å². The fourth-order valence-corrected chi connectivity index (χ4v) is 2.81. The summed E-state index contributed by atoms with van der Waals surface area (Å²) in [5.41, 5.74) is 0. The predicted octanol–water partition coefficient (Wildman–Crippen LogP) is -1.13. The third kappa shape index (κ3) is 3.54. The average Bonchev–Trinajstić information content (AvgIpc) is 2.11. The molecule has 0 aliphatic rings. The number of rotatable bonds is 1. The topological polar surface area (TPSA) is 54.4 Å². The van der Waals surface area contributed by atoms with E-state index in [1.54, 1.807) is 6.07 Å². The molecule has 0 aliphatic carbocycles. The third-order valence-electron chi connectivity index (χ3n) is 0.803. The maximum Gasteiger partial charge on any atom is 1.00 e. The van der Waals surface area contributed by atoms with Gasteiger partial charge in [0.25, 0.3) is 0 Å². The van der Waals surface area contributed by atoms with Gasteiger partial charge in [0.1, 0.15) is 4.21 Å². The second-order valence-electron chi connectivity index (χ2n) is 1.53. The van der Waals surface area contributed by atoms with Crippen molar-refractivity contribution in [1.82, 2.24) is 0 Å². The first kappa shape index (κ1) is 12.1. The van der Waals surface area contributed by atoms with E-state index in [1.807, 2.05) is 0 Å². The number of hydrogen-bond donors (Lipinski definition) is 1. The van der Waals surface area contributed by atoms with Gasteiger partial charge in [0, 0.05) is 0 Å². The Morgan fingerprint density at radius 2 is 2.09 bits per heavy atom. The van der Waals surface area contributed by atoms with E-state index in [0.717, 1.165) is 11.3 Å². The first-order valence-electron chi connectivity index (χ1n) is 2.23. The Labute approximate surface area is 100 Å². The molecule has 11 heavy (non-hydrogen) atoms. The van der Waals surface area contributed by atoms with Gasteiger partial charge in [0.2, 0.25) is 0 Å². The summed E-state index contributed by atoms with van der Waals surface area (Å²) in [4.78, 5) is 0. The quantitative estimate of drug-likeness (QED) is 0.517. The van der Waals surface area contributed by atoms with Crippen LogP contribution in [0.2, 0.25) is 0 Å². The van der Waals surface area contributed by atoms with E-state index < -0.39 is 10.1 Å². The molecule has 1 aromatic heterocycles. The van der Waals surface area contributed by atoms with Crippen LogP contribution in [0.3, 0.4) is 0 Å². The van der Waals surface area contributed by atoms with E-state index in [9.17, 15) is 8.42 Å². The Balaban J connectivity index is 0. The molecule has 1 aromatic rings. The van der Waals surface area contributed by atoms with E-state index in [4.69, 9.17) is 4.55 Å². The summed E-state index contributed by atoms with van der Waals surface area (Å²) in [5, 5.41) is 0. The van der Waals surface area contributed by atoms with Crippen molar-refractivity contribution < 1.29 is 44.0 Å². The largest absolute Gasteiger partial charge is 1.00 e. The molecule has 0 unspecified atom stereocenters. The normalized spacial score (nSPS) is 10.7. The number of halogens is 1. The first-order valence-corrected chi connectivity index (χ1v) is 5.28. The minimum Gasteiger partial charge on any atom is -1.00 e. The van der Waals surface area contributed by atoms with Gasteiger partial charge in [-0.25, -0.2) is 0 Å². The predicted molar refractivity (Wildman–Crippen MR) is 42.9 cm³/mol. The van der Waals surface area contributed by atoms with Gasteiger partial charge in [-0.15, -0.1) is 11.3 Å². The smallest absolute Gasteiger partial charge is 1.00 e. The molecule has 0 saturated carbocycles. The van der Waals surface area contributed by atoms with Gasteiger partial charge in [0.15, 0.2) is 0 Å². The van der Waals surface area contributed by atoms with Gasteiger partial charge in [0.05, 0.1) is 3.79 Å². The zero-order valence-electron chi connectivity index (χ0n) is 6.61. The van der Waals surface area contributed by atoms with Crippen LogP contribution in [0.1, 0.15) is 1.43 Å². The minimum absolute atomic E-state index is 0. The molecule has 0 aromatic carbocycles. The zero-order chi connectivity index (χ0) is 7.78. The molecular weight excluding hydrogens is 263 g/mol. The monoisotopic (exact) mass is 266 g/mol. The maximum atomic E-state index is 10.4. The van der Waals surface area contributed by atoms with Crippen molar-refractivity contribution in [3.05, 3.63) is 15.9 Å². The van der Waals surface area contributed by atoms with Gasteiger partial charge in [-0.05, 0) is 28.1 Å². The molecule has 1 rings (SSSR count). The van der Waals surface area contributed by atoms with Crippen molar-refractivity contribution >= 4 is 37.4 Å². The van der Waals surface area contributed by atoms with Crippen molar-refractivity contribution in [3.63, 3.8) is 0 Å². The first-order chi connectivity index (χ1) is 4.50. The van der Waals surface area contributed by atoms with Crippen LogP contribution in [0.25, 0.3) is 0 Å². The SMILES string of the molecule is O=S(=O)(O)c1ccc(Br)s1.[H-].[Na+]. The summed E-state index contributed by atoms with van der Waals surface area (Å²) in [6, 6.07) is 2.90. The van der Waals surface area contributed by atoms with Crippen LogP contribution >= 0.6 is 27.3 Å². The van der Waals surface area contributed by atoms with Gasteiger partial charge < -0.3 is 1.43 Å². The fourth-order valence-electron chi connectivity index (χ4n) is 0.436. The molecule has 0 aliphatic heterocycles. The van der Waals surface area contributed by atoms with Crippen LogP contribution in [0, 0.1) is 0 Å². The molecule has 3 nitrogen and oxygen atoms in total. The van der Waals surface area contributed by atoms with E-state index in [1.165, 1.54) is 6.07 Å². The van der Waals surface area contributed by atoms with Gasteiger partial charge in [-0.1, -0.05) is 0 Å². The van der Waals surface area contributed by atoms with Gasteiger partial charge >= 0.3 is 39.7 Å². The Morgan fingerprint density at radius 3 is 2.27 bits per heavy atom. The van der Waals surface area contributed by atoms with Crippen molar-refractivity contribution in [2.75, 3.05) is 0 Å². The average molecular weight is 267 g/mol. The van der Waals surface area contributed by atoms with Crippen LogP contribution < -0.4 is 29.6 Å². The van der Waals surface area contributed by atoms with Crippen molar-refractivity contribution in [2.24, 2.45) is 0 Å². The third-order valence-corrected chi connectivity index (χ3v) is 3.75. The molecule has 7 heteroatoms. The molecule has 0 radical (unpaired) electrons. The Morgan fingerprint density at radius 1 is 1.55 bits per heavy atom. The molecule has 0 atom stereocenters. The van der Waals surface area contributed by atoms with Gasteiger partial charge in [-0.2, -0.15) is 8.42 Å². The van der Waals surface area contributed by atoms with E-state index in [2.05, 4.69) is 15.9 Å². The Kier molecular flexibility index (Phi) is 4.79. The van der Waals surface area contributed by atoms with Crippen LogP contribution in [-0.2, 0) is 10.1 Å². The Bertz CT molecular complexity index is 336. The molecule has 1 N–H and O–H groups in total. The van der Waals surface area contributed by atoms with E-state index >= 15 is 0 Å². The van der Waals surface area contributed by atoms with Crippen LogP contribution in [-0.4, -0.2) is 13.0 Å². The van der Waals surface area contributed by atoms with Gasteiger partial charge in [-0.3, -0.25) is 4.55 Å². The minimum atomic E-state index is -3.99. The molecule has 0 bridgehead atoms. The summed E-state index contributed by atoms with van der Waals surface area (Å²) in [6.07, 6.45) is 0. The Hall–Kier alpha value is 1.09. The van der Waals surface area contributed by atoms with Crippen molar-refractivity contribution in [1.29, 1.82) is 0 Å². The summed E-state index contributed by atoms with van der Waals surface area (Å²) >= 11 is 4.04. The molecule has 0 fully saturated rings. The van der Waals surface area contributed by atoms with Crippen LogP contribution in [0.15, 0.2) is 20.1 Å². The number of hydrogen-bond acceptors (Lipinski definition) is 3. The zero-order valence-corrected chi connectivity index (χ0v) is 10.8. The summed E-state index contributed by atoms with van der Waals surface area (Å²) in [6.45, 7) is 0. The van der Waals surface area contributed by atoms with E-state index in [-0.39, 0.29) is 35.2 Å². The number of thiophene rings is 1. The molecular formula is C4H4BrNaO3S2. The van der Waals surface area contributed by atoms with Crippen molar-refractivity contribution in [2.45, 2.75) is 4.21 Å². The van der Waals surface area contributed by atoms with Crippen molar-refractivity contribution in [3.8, 4) is 0 Å². The molecule has 58 valence electrons. The second-order valence-corrected chi connectivity index (χ2v) is 5.65. The fraction of sp³-hybridized carbons (Fsp3) is 0. The molecule has 0 saturated heterocycles. The van der Waals surface area contributed by atoms with E-state index in [0.29, 0.717) is 3.79 Å². The maximum absolute atomic E-state index is 10.4. The summed E-state index contributed by atoms with van der Waals surface area (Å²) in [7, 11) is -3.99. The summed E-state index contributed by atoms with van der Waals surface area (Å²) < 4.78 is 29.9.